The highest BCUT2D eigenvalue weighted by atomic mass is 32.1. The van der Waals surface area contributed by atoms with Gasteiger partial charge in [0.2, 0.25) is 0 Å². The van der Waals surface area contributed by atoms with Gasteiger partial charge in [0, 0.05) is 29.9 Å². The average Bonchev–Trinajstić information content (AvgIpc) is 3.28. The van der Waals surface area contributed by atoms with Gasteiger partial charge in [-0.1, -0.05) is 12.8 Å². The largest absolute Gasteiger partial charge is 0.389 e. The van der Waals surface area contributed by atoms with Crippen LogP contribution in [-0.2, 0) is 0 Å². The van der Waals surface area contributed by atoms with Crippen LogP contribution < -0.4 is 16.0 Å². The van der Waals surface area contributed by atoms with Gasteiger partial charge in [0.15, 0.2) is 5.01 Å². The minimum atomic E-state index is -2.63. The summed E-state index contributed by atoms with van der Waals surface area (Å²) in [6.07, 6.45) is 4.59. The van der Waals surface area contributed by atoms with Crippen LogP contribution in [0.25, 0.3) is 5.57 Å². The Morgan fingerprint density at radius 2 is 2.10 bits per heavy atom. The lowest BCUT2D eigenvalue weighted by Crippen LogP contribution is -2.45. The molecule has 1 aliphatic carbocycles. The van der Waals surface area contributed by atoms with Crippen molar-refractivity contribution in [3.05, 3.63) is 33.4 Å². The van der Waals surface area contributed by atoms with Crippen LogP contribution in [-0.4, -0.2) is 46.8 Å². The monoisotopic (exact) mass is 426 g/mol. The molecule has 0 spiro atoms. The molecule has 1 fully saturated rings. The number of thiazole rings is 1. The fraction of sp³-hybridized carbons (Fsp3) is 0.600. The van der Waals surface area contributed by atoms with Gasteiger partial charge in [0.1, 0.15) is 0 Å². The number of allylic oxidation sites excluding steroid dienone is 2. The zero-order valence-electron chi connectivity index (χ0n) is 16.9. The van der Waals surface area contributed by atoms with Gasteiger partial charge in [-0.15, -0.1) is 11.3 Å². The number of hydrogen-bond donors (Lipinski definition) is 4. The number of dihydropyridines is 1. The van der Waals surface area contributed by atoms with Crippen molar-refractivity contribution in [3.8, 4) is 0 Å². The summed E-state index contributed by atoms with van der Waals surface area (Å²) in [5.41, 5.74) is -0.228. The fourth-order valence-electron chi connectivity index (χ4n) is 3.52. The summed E-state index contributed by atoms with van der Waals surface area (Å²) in [5.74, 6) is -0.431. The van der Waals surface area contributed by atoms with Crippen LogP contribution in [0.2, 0.25) is 0 Å². The van der Waals surface area contributed by atoms with Gasteiger partial charge in [0.05, 0.1) is 22.3 Å². The van der Waals surface area contributed by atoms with E-state index in [4.69, 9.17) is 0 Å². The molecule has 1 atom stereocenters. The molecule has 9 heteroatoms. The molecule has 3 rings (SSSR count). The Kier molecular flexibility index (Phi) is 6.70. The first-order valence-corrected chi connectivity index (χ1v) is 10.7. The van der Waals surface area contributed by atoms with Crippen molar-refractivity contribution in [3.63, 3.8) is 0 Å². The van der Waals surface area contributed by atoms with Gasteiger partial charge in [-0.25, -0.2) is 13.8 Å². The zero-order chi connectivity index (χ0) is 21.2. The molecule has 2 aliphatic rings. The predicted molar refractivity (Wildman–Crippen MR) is 110 cm³/mol. The summed E-state index contributed by atoms with van der Waals surface area (Å²) in [7, 11) is 0. The maximum Gasteiger partial charge on any atom is 0.280 e. The second-order valence-corrected chi connectivity index (χ2v) is 9.20. The lowest BCUT2D eigenvalue weighted by atomic mass is 10.0. The van der Waals surface area contributed by atoms with Crippen LogP contribution in [0.15, 0.2) is 17.8 Å². The van der Waals surface area contributed by atoms with E-state index in [1.165, 1.54) is 6.08 Å². The second kappa shape index (κ2) is 8.89. The van der Waals surface area contributed by atoms with Crippen LogP contribution in [0.1, 0.15) is 59.9 Å². The molecule has 1 aromatic heterocycles. The number of aliphatic hydroxyl groups is 1. The lowest BCUT2D eigenvalue weighted by Gasteiger charge is -2.26. The summed E-state index contributed by atoms with van der Waals surface area (Å²) < 4.78 is 27.6. The van der Waals surface area contributed by atoms with Gasteiger partial charge < -0.3 is 15.7 Å². The molecule has 1 aliphatic heterocycles. The van der Waals surface area contributed by atoms with Crippen molar-refractivity contribution < 1.29 is 18.7 Å². The third-order valence-corrected chi connectivity index (χ3v) is 6.18. The highest BCUT2D eigenvalue weighted by molar-refractivity contribution is 7.14. The number of amides is 1. The Hall–Kier alpha value is -1.84. The fourth-order valence-corrected chi connectivity index (χ4v) is 4.54. The number of aromatic nitrogens is 1. The lowest BCUT2D eigenvalue weighted by molar-refractivity contribution is 0.0694. The van der Waals surface area contributed by atoms with Crippen LogP contribution >= 0.6 is 11.3 Å². The van der Waals surface area contributed by atoms with Crippen LogP contribution in [0.3, 0.4) is 0 Å². The molecule has 0 aromatic carbocycles. The second-order valence-electron chi connectivity index (χ2n) is 8.20. The molecule has 1 saturated carbocycles. The van der Waals surface area contributed by atoms with E-state index >= 15 is 0 Å². The minimum absolute atomic E-state index is 0.0607. The summed E-state index contributed by atoms with van der Waals surface area (Å²) in [6, 6.07) is 0.342. The SMILES string of the molecule is Cc1nc(C(=O)NCC(C)(C)O)sc1C1=CNC(NC2CCCC2)C=C1C(F)F. The first kappa shape index (κ1) is 21.9. The molecular formula is C20H28F2N4O2S. The van der Waals surface area contributed by atoms with Gasteiger partial charge in [-0.3, -0.25) is 10.1 Å². The number of alkyl halides is 2. The van der Waals surface area contributed by atoms with E-state index in [9.17, 15) is 18.7 Å². The summed E-state index contributed by atoms with van der Waals surface area (Å²) in [6.45, 7) is 4.94. The maximum absolute atomic E-state index is 13.8. The minimum Gasteiger partial charge on any atom is -0.389 e. The molecule has 0 radical (unpaired) electrons. The van der Waals surface area contributed by atoms with Crippen molar-refractivity contribution >= 4 is 22.8 Å². The van der Waals surface area contributed by atoms with E-state index in [0.717, 1.165) is 37.0 Å². The van der Waals surface area contributed by atoms with Crippen molar-refractivity contribution in [2.45, 2.75) is 70.7 Å². The highest BCUT2D eigenvalue weighted by Crippen LogP contribution is 2.35. The van der Waals surface area contributed by atoms with E-state index in [0.29, 0.717) is 22.2 Å². The smallest absolute Gasteiger partial charge is 0.280 e. The Bertz CT molecular complexity index is 808. The first-order chi connectivity index (χ1) is 13.6. The van der Waals surface area contributed by atoms with Crippen LogP contribution in [0.5, 0.6) is 0 Å². The quantitative estimate of drug-likeness (QED) is 0.539. The molecule has 1 unspecified atom stereocenters. The van der Waals surface area contributed by atoms with Crippen molar-refractivity contribution in [2.75, 3.05) is 6.54 Å². The van der Waals surface area contributed by atoms with E-state index in [-0.39, 0.29) is 23.3 Å². The molecule has 1 amide bonds. The van der Waals surface area contributed by atoms with E-state index in [1.807, 2.05) is 0 Å². The average molecular weight is 427 g/mol. The van der Waals surface area contributed by atoms with Crippen LogP contribution in [0, 0.1) is 6.92 Å². The Morgan fingerprint density at radius 1 is 1.41 bits per heavy atom. The number of hydrogen-bond acceptors (Lipinski definition) is 6. The molecular weight excluding hydrogens is 398 g/mol. The molecule has 6 nitrogen and oxygen atoms in total. The zero-order valence-corrected chi connectivity index (χ0v) is 17.7. The van der Waals surface area contributed by atoms with E-state index in [1.54, 1.807) is 27.0 Å². The van der Waals surface area contributed by atoms with Gasteiger partial charge in [0.25, 0.3) is 12.3 Å². The summed E-state index contributed by atoms with van der Waals surface area (Å²) in [4.78, 5) is 17.1. The van der Waals surface area contributed by atoms with Gasteiger partial charge in [-0.2, -0.15) is 0 Å². The molecule has 160 valence electrons. The van der Waals surface area contributed by atoms with E-state index in [2.05, 4.69) is 20.9 Å². The third-order valence-electron chi connectivity index (χ3n) is 4.99. The number of carbonyl (C=O) groups excluding carboxylic acids is 1. The third kappa shape index (κ3) is 5.61. The molecule has 1 aromatic rings. The number of carbonyl (C=O) groups is 1. The standard InChI is InChI=1S/C20H28F2N4O2S/c1-11-16(29-19(25-11)18(27)24-10-20(2,3)28)14-9-23-15(8-13(14)17(21)22)26-12-6-4-5-7-12/h8-9,12,15,17,23,26,28H,4-7,10H2,1-3H3,(H,24,27). The van der Waals surface area contributed by atoms with Crippen molar-refractivity contribution in [2.24, 2.45) is 0 Å². The highest BCUT2D eigenvalue weighted by Gasteiger charge is 2.28. The number of aryl methyl sites for hydroxylation is 1. The molecule has 29 heavy (non-hydrogen) atoms. The Balaban J connectivity index is 1.76. The number of rotatable bonds is 7. The Morgan fingerprint density at radius 3 is 2.72 bits per heavy atom. The first-order valence-electron chi connectivity index (χ1n) is 9.85. The number of nitrogens with zero attached hydrogens (tertiary/aromatic N) is 1. The normalized spacial score (nSPS) is 20.4. The number of halogens is 2. The molecule has 4 N–H and O–H groups in total. The Labute approximate surface area is 173 Å². The molecule has 2 heterocycles. The topological polar surface area (TPSA) is 86.3 Å². The summed E-state index contributed by atoms with van der Waals surface area (Å²) >= 11 is 1.07. The predicted octanol–water partition coefficient (Wildman–Crippen LogP) is 2.95. The molecule has 0 bridgehead atoms. The summed E-state index contributed by atoms with van der Waals surface area (Å²) in [5, 5.41) is 19.1. The van der Waals surface area contributed by atoms with Gasteiger partial charge in [-0.05, 0) is 39.7 Å². The number of nitrogens with one attached hydrogen (secondary N) is 3. The van der Waals surface area contributed by atoms with Crippen molar-refractivity contribution in [1.29, 1.82) is 0 Å². The van der Waals surface area contributed by atoms with Gasteiger partial charge >= 0.3 is 0 Å². The van der Waals surface area contributed by atoms with Crippen LogP contribution in [0.4, 0.5) is 8.78 Å². The maximum atomic E-state index is 13.8. The van der Waals surface area contributed by atoms with E-state index < -0.39 is 17.9 Å². The molecule has 0 saturated heterocycles. The van der Waals surface area contributed by atoms with Crippen molar-refractivity contribution in [1.82, 2.24) is 20.9 Å².